The first-order valence-corrected chi connectivity index (χ1v) is 6.04. The molecule has 0 bridgehead atoms. The van der Waals surface area contributed by atoms with E-state index in [4.69, 9.17) is 22.1 Å². The van der Waals surface area contributed by atoms with Crippen LogP contribution >= 0.6 is 11.6 Å². The highest BCUT2D eigenvalue weighted by Gasteiger charge is 2.16. The SMILES string of the molecule is COc1cc(Cl)c([N+](=O)[O-])cc1C=NN=C(N)NOC(C)=O. The third-order valence-corrected chi connectivity index (χ3v) is 2.46. The number of methoxy groups -OCH3 is 1. The van der Waals surface area contributed by atoms with Crippen LogP contribution in [0.2, 0.25) is 5.02 Å². The van der Waals surface area contributed by atoms with Crippen molar-refractivity contribution in [2.45, 2.75) is 6.92 Å². The number of ether oxygens (including phenoxy) is 1. The Hall–Kier alpha value is -2.88. The number of hydrogen-bond acceptors (Lipinski definition) is 7. The van der Waals surface area contributed by atoms with E-state index in [1.165, 1.54) is 32.4 Å². The predicted molar refractivity (Wildman–Crippen MR) is 78.8 cm³/mol. The quantitative estimate of drug-likeness (QED) is 0.363. The third-order valence-electron chi connectivity index (χ3n) is 2.16. The second-order valence-electron chi connectivity index (χ2n) is 3.73. The Morgan fingerprint density at radius 3 is 2.77 bits per heavy atom. The van der Waals surface area contributed by atoms with Crippen molar-refractivity contribution in [3.05, 3.63) is 32.8 Å². The van der Waals surface area contributed by atoms with E-state index in [0.717, 1.165) is 0 Å². The van der Waals surface area contributed by atoms with Gasteiger partial charge >= 0.3 is 5.97 Å². The van der Waals surface area contributed by atoms with Gasteiger partial charge in [-0.1, -0.05) is 11.6 Å². The summed E-state index contributed by atoms with van der Waals surface area (Å²) in [7, 11) is 1.37. The van der Waals surface area contributed by atoms with Crippen molar-refractivity contribution in [2.24, 2.45) is 15.9 Å². The van der Waals surface area contributed by atoms with Crippen molar-refractivity contribution in [2.75, 3.05) is 7.11 Å². The highest BCUT2D eigenvalue weighted by Crippen LogP contribution is 2.31. The standard InChI is InChI=1S/C11H12ClN5O5/c1-6(18)22-16-11(13)15-14-5-7-3-9(17(19)20)8(12)4-10(7)21-2/h3-5H,1-2H3,(H3,13,15,16). The first kappa shape index (κ1) is 17.2. The van der Waals surface area contributed by atoms with Crippen LogP contribution in [0.15, 0.2) is 22.3 Å². The van der Waals surface area contributed by atoms with Crippen LogP contribution < -0.4 is 16.0 Å². The van der Waals surface area contributed by atoms with Crippen LogP contribution in [0.4, 0.5) is 5.69 Å². The first-order chi connectivity index (χ1) is 10.3. The summed E-state index contributed by atoms with van der Waals surface area (Å²) in [6, 6.07) is 2.46. The van der Waals surface area contributed by atoms with Gasteiger partial charge in [0, 0.05) is 24.6 Å². The molecule has 1 aromatic carbocycles. The van der Waals surface area contributed by atoms with E-state index in [1.54, 1.807) is 0 Å². The summed E-state index contributed by atoms with van der Waals surface area (Å²) in [6.07, 6.45) is 1.17. The van der Waals surface area contributed by atoms with Crippen LogP contribution in [0.3, 0.4) is 0 Å². The van der Waals surface area contributed by atoms with E-state index in [9.17, 15) is 14.9 Å². The fraction of sp³-hybridized carbons (Fsp3) is 0.182. The number of hydrogen-bond donors (Lipinski definition) is 2. The van der Waals surface area contributed by atoms with E-state index in [-0.39, 0.29) is 28.0 Å². The molecule has 0 radical (unpaired) electrons. The number of nitrogens with one attached hydrogen (secondary N) is 1. The molecule has 0 aliphatic carbocycles. The maximum absolute atomic E-state index is 10.8. The summed E-state index contributed by atoms with van der Waals surface area (Å²) in [5.41, 5.74) is 7.35. The molecule has 0 amide bonds. The average molecular weight is 330 g/mol. The summed E-state index contributed by atoms with van der Waals surface area (Å²) in [6.45, 7) is 1.17. The van der Waals surface area contributed by atoms with Crippen molar-refractivity contribution in [1.29, 1.82) is 0 Å². The molecule has 0 unspecified atom stereocenters. The minimum Gasteiger partial charge on any atom is -0.496 e. The van der Waals surface area contributed by atoms with Crippen LogP contribution in [0, 0.1) is 10.1 Å². The van der Waals surface area contributed by atoms with Gasteiger partial charge in [0.1, 0.15) is 10.8 Å². The van der Waals surface area contributed by atoms with Gasteiger partial charge in [0.2, 0.25) is 5.96 Å². The molecular formula is C11H12ClN5O5. The second-order valence-corrected chi connectivity index (χ2v) is 4.14. The number of carbonyl (C=O) groups is 1. The zero-order valence-corrected chi connectivity index (χ0v) is 12.3. The largest absolute Gasteiger partial charge is 0.496 e. The number of halogens is 1. The number of nitro benzene ring substituents is 1. The Labute approximate surface area is 129 Å². The van der Waals surface area contributed by atoms with Gasteiger partial charge < -0.3 is 15.3 Å². The molecule has 1 rings (SSSR count). The summed E-state index contributed by atoms with van der Waals surface area (Å²) in [5, 5.41) is 17.8. The van der Waals surface area contributed by atoms with E-state index in [2.05, 4.69) is 15.0 Å². The third kappa shape index (κ3) is 4.90. The number of nitrogens with two attached hydrogens (primary N) is 1. The van der Waals surface area contributed by atoms with E-state index in [0.29, 0.717) is 0 Å². The van der Waals surface area contributed by atoms with E-state index >= 15 is 0 Å². The molecule has 0 aliphatic heterocycles. The highest BCUT2D eigenvalue weighted by molar-refractivity contribution is 6.33. The van der Waals surface area contributed by atoms with Gasteiger partial charge in [-0.2, -0.15) is 10.6 Å². The van der Waals surface area contributed by atoms with E-state index < -0.39 is 10.9 Å². The number of benzene rings is 1. The van der Waals surface area contributed by atoms with Crippen LogP contribution in [0.1, 0.15) is 12.5 Å². The lowest BCUT2D eigenvalue weighted by Crippen LogP contribution is -2.32. The van der Waals surface area contributed by atoms with Crippen molar-refractivity contribution >= 4 is 35.4 Å². The van der Waals surface area contributed by atoms with Crippen LogP contribution in [0.5, 0.6) is 5.75 Å². The van der Waals surface area contributed by atoms with Crippen LogP contribution in [0.25, 0.3) is 0 Å². The van der Waals surface area contributed by atoms with Gasteiger partial charge in [-0.25, -0.2) is 0 Å². The van der Waals surface area contributed by atoms with Crippen molar-refractivity contribution < 1.29 is 19.3 Å². The maximum atomic E-state index is 10.8. The number of carbonyl (C=O) groups excluding carboxylic acids is 1. The fourth-order valence-corrected chi connectivity index (χ4v) is 1.50. The summed E-state index contributed by atoms with van der Waals surface area (Å²) in [4.78, 5) is 25.1. The van der Waals surface area contributed by atoms with Gasteiger partial charge in [-0.05, 0) is 0 Å². The number of rotatable bonds is 4. The molecule has 11 heteroatoms. The zero-order valence-electron chi connectivity index (χ0n) is 11.6. The lowest BCUT2D eigenvalue weighted by atomic mass is 10.2. The average Bonchev–Trinajstić information content (AvgIpc) is 2.45. The monoisotopic (exact) mass is 329 g/mol. The van der Waals surface area contributed by atoms with Crippen LogP contribution in [-0.4, -0.2) is 30.2 Å². The van der Waals surface area contributed by atoms with Crippen LogP contribution in [-0.2, 0) is 9.63 Å². The molecule has 0 atom stereocenters. The lowest BCUT2D eigenvalue weighted by molar-refractivity contribution is -0.384. The van der Waals surface area contributed by atoms with Crippen molar-refractivity contribution in [3.8, 4) is 5.75 Å². The molecule has 3 N–H and O–H groups in total. The summed E-state index contributed by atoms with van der Waals surface area (Å²) in [5.74, 6) is -0.632. The molecule has 0 fully saturated rings. The van der Waals surface area contributed by atoms with Gasteiger partial charge in [0.25, 0.3) is 5.69 Å². The molecule has 118 valence electrons. The summed E-state index contributed by atoms with van der Waals surface area (Å²) >= 11 is 5.76. The van der Waals surface area contributed by atoms with Gasteiger partial charge in [0.05, 0.1) is 18.2 Å². The lowest BCUT2D eigenvalue weighted by Gasteiger charge is -2.05. The molecule has 10 nitrogen and oxygen atoms in total. The molecule has 0 aliphatic rings. The number of nitro groups is 1. The Balaban J connectivity index is 2.98. The van der Waals surface area contributed by atoms with E-state index in [1.807, 2.05) is 5.48 Å². The predicted octanol–water partition coefficient (Wildman–Crippen LogP) is 0.973. The van der Waals surface area contributed by atoms with Gasteiger partial charge in [-0.3, -0.25) is 14.9 Å². The number of nitrogens with zero attached hydrogens (tertiary/aromatic N) is 3. The maximum Gasteiger partial charge on any atom is 0.329 e. The molecule has 0 saturated carbocycles. The molecule has 0 spiro atoms. The molecule has 0 heterocycles. The fourth-order valence-electron chi connectivity index (χ4n) is 1.28. The smallest absolute Gasteiger partial charge is 0.329 e. The highest BCUT2D eigenvalue weighted by atomic mass is 35.5. The molecule has 0 aromatic heterocycles. The number of guanidine groups is 1. The topological polar surface area (TPSA) is 141 Å². The molecule has 0 saturated heterocycles. The summed E-state index contributed by atoms with van der Waals surface area (Å²) < 4.78 is 5.03. The van der Waals surface area contributed by atoms with Crippen molar-refractivity contribution in [3.63, 3.8) is 0 Å². The Morgan fingerprint density at radius 1 is 1.55 bits per heavy atom. The molecule has 22 heavy (non-hydrogen) atoms. The Kier molecular flexibility index (Phi) is 6.08. The van der Waals surface area contributed by atoms with Gasteiger partial charge in [-0.15, -0.1) is 5.10 Å². The molecule has 1 aromatic rings. The minimum absolute atomic E-state index is 0.0708. The zero-order chi connectivity index (χ0) is 16.7. The molecular weight excluding hydrogens is 318 g/mol. The second kappa shape index (κ2) is 7.78. The normalized spacial score (nSPS) is 11.3. The first-order valence-electron chi connectivity index (χ1n) is 5.67. The Bertz CT molecular complexity index is 646. The Morgan fingerprint density at radius 2 is 2.23 bits per heavy atom. The van der Waals surface area contributed by atoms with Gasteiger partial charge in [0.15, 0.2) is 0 Å². The minimum atomic E-state index is -0.640. The number of hydroxylamine groups is 1. The van der Waals surface area contributed by atoms with Crippen molar-refractivity contribution in [1.82, 2.24) is 5.48 Å².